The molecule has 1 aliphatic heterocycles. The maximum Gasteiger partial charge on any atom is 0.293 e. The Morgan fingerprint density at radius 1 is 1.68 bits per heavy atom. The Morgan fingerprint density at radius 3 is 3.00 bits per heavy atom. The lowest BCUT2D eigenvalue weighted by atomic mass is 9.96. The van der Waals surface area contributed by atoms with Crippen molar-refractivity contribution in [3.05, 3.63) is 33.3 Å². The first kappa shape index (κ1) is 14.0. The monoisotopic (exact) mass is 286 g/mol. The van der Waals surface area contributed by atoms with E-state index in [9.17, 15) is 15.2 Å². The number of rotatable bonds is 4. The molecule has 2 N–H and O–H groups in total. The molecule has 1 aromatic rings. The van der Waals surface area contributed by atoms with Gasteiger partial charge in [-0.15, -0.1) is 0 Å². The van der Waals surface area contributed by atoms with E-state index >= 15 is 0 Å². The summed E-state index contributed by atoms with van der Waals surface area (Å²) < 4.78 is 5.31. The highest BCUT2D eigenvalue weighted by Gasteiger charge is 2.39. The zero-order valence-corrected chi connectivity index (χ0v) is 11.2. The Balaban J connectivity index is 2.18. The molecule has 0 radical (unpaired) electrons. The number of nitrogens with one attached hydrogen (secondary N) is 1. The SMILES string of the molecule is CC1OCCC1(O)CNc1c(Cl)cccc1[N+](=O)[O-]. The molecule has 0 bridgehead atoms. The zero-order chi connectivity index (χ0) is 14.0. The Labute approximate surface area is 115 Å². The van der Waals surface area contributed by atoms with E-state index in [0.717, 1.165) is 0 Å². The first-order valence-corrected chi connectivity index (χ1v) is 6.32. The van der Waals surface area contributed by atoms with Crippen molar-refractivity contribution in [2.45, 2.75) is 25.0 Å². The minimum absolute atomic E-state index is 0.109. The summed E-state index contributed by atoms with van der Waals surface area (Å²) >= 11 is 5.96. The Hall–Kier alpha value is -1.37. The summed E-state index contributed by atoms with van der Waals surface area (Å²) in [7, 11) is 0. The molecule has 0 saturated carbocycles. The molecule has 2 rings (SSSR count). The molecule has 104 valence electrons. The van der Waals surface area contributed by atoms with E-state index in [4.69, 9.17) is 16.3 Å². The van der Waals surface area contributed by atoms with Gasteiger partial charge >= 0.3 is 0 Å². The second-order valence-electron chi connectivity index (χ2n) is 4.61. The van der Waals surface area contributed by atoms with Gasteiger partial charge in [-0.25, -0.2) is 0 Å². The molecule has 7 heteroatoms. The minimum Gasteiger partial charge on any atom is -0.385 e. The summed E-state index contributed by atoms with van der Waals surface area (Å²) in [6.07, 6.45) is 0.168. The third kappa shape index (κ3) is 2.80. The van der Waals surface area contributed by atoms with Gasteiger partial charge in [-0.3, -0.25) is 10.1 Å². The molecule has 1 aliphatic rings. The fourth-order valence-corrected chi connectivity index (χ4v) is 2.32. The standard InChI is InChI=1S/C12H15ClN2O4/c1-8-12(16,5-6-19-8)7-14-11-9(13)3-2-4-10(11)15(17)18/h2-4,8,14,16H,5-7H2,1H3. The fraction of sp³-hybridized carbons (Fsp3) is 0.500. The number of nitrogens with zero attached hydrogens (tertiary/aromatic N) is 1. The van der Waals surface area contributed by atoms with Crippen LogP contribution in [0.3, 0.4) is 0 Å². The normalized spacial score (nSPS) is 26.4. The number of hydrogen-bond donors (Lipinski definition) is 2. The number of anilines is 1. The van der Waals surface area contributed by atoms with Gasteiger partial charge in [0.05, 0.1) is 16.0 Å². The molecule has 1 heterocycles. The number of aliphatic hydroxyl groups is 1. The van der Waals surface area contributed by atoms with Crippen molar-refractivity contribution < 1.29 is 14.8 Å². The summed E-state index contributed by atoms with van der Waals surface area (Å²) in [5.74, 6) is 0. The van der Waals surface area contributed by atoms with Gasteiger partial charge in [-0.1, -0.05) is 17.7 Å². The van der Waals surface area contributed by atoms with Crippen LogP contribution in [0.25, 0.3) is 0 Å². The van der Waals surface area contributed by atoms with Gasteiger partial charge in [-0.2, -0.15) is 0 Å². The van der Waals surface area contributed by atoms with Crippen LogP contribution in [0.2, 0.25) is 5.02 Å². The van der Waals surface area contributed by atoms with Crippen LogP contribution in [-0.4, -0.2) is 34.9 Å². The van der Waals surface area contributed by atoms with Crippen molar-refractivity contribution in [2.75, 3.05) is 18.5 Å². The lowest BCUT2D eigenvalue weighted by molar-refractivity contribution is -0.384. The van der Waals surface area contributed by atoms with Crippen LogP contribution in [0.5, 0.6) is 0 Å². The average Bonchev–Trinajstić information content (AvgIpc) is 2.68. The lowest BCUT2D eigenvalue weighted by Crippen LogP contribution is -2.43. The summed E-state index contributed by atoms with van der Waals surface area (Å²) in [6, 6.07) is 4.45. The smallest absolute Gasteiger partial charge is 0.293 e. The van der Waals surface area contributed by atoms with Gasteiger partial charge in [0.25, 0.3) is 5.69 Å². The molecule has 2 unspecified atom stereocenters. The van der Waals surface area contributed by atoms with E-state index in [1.54, 1.807) is 13.0 Å². The predicted octanol–water partition coefficient (Wildman–Crippen LogP) is 2.20. The fourth-order valence-electron chi connectivity index (χ4n) is 2.08. The van der Waals surface area contributed by atoms with Crippen LogP contribution in [0.4, 0.5) is 11.4 Å². The van der Waals surface area contributed by atoms with Crippen LogP contribution in [0, 0.1) is 10.1 Å². The van der Waals surface area contributed by atoms with Gasteiger partial charge in [-0.05, 0) is 13.0 Å². The highest BCUT2D eigenvalue weighted by molar-refractivity contribution is 6.33. The zero-order valence-electron chi connectivity index (χ0n) is 10.4. The highest BCUT2D eigenvalue weighted by atomic mass is 35.5. The second-order valence-corrected chi connectivity index (χ2v) is 5.02. The Morgan fingerprint density at radius 2 is 2.42 bits per heavy atom. The van der Waals surface area contributed by atoms with E-state index < -0.39 is 10.5 Å². The first-order chi connectivity index (χ1) is 8.94. The summed E-state index contributed by atoms with van der Waals surface area (Å²) in [5, 5.41) is 24.4. The van der Waals surface area contributed by atoms with Crippen molar-refractivity contribution in [3.8, 4) is 0 Å². The van der Waals surface area contributed by atoms with E-state index in [2.05, 4.69) is 5.32 Å². The number of para-hydroxylation sites is 1. The van der Waals surface area contributed by atoms with Crippen LogP contribution in [-0.2, 0) is 4.74 Å². The molecule has 6 nitrogen and oxygen atoms in total. The molecule has 1 aromatic carbocycles. The number of benzene rings is 1. The van der Waals surface area contributed by atoms with E-state index in [1.165, 1.54) is 12.1 Å². The molecule has 0 aromatic heterocycles. The number of ether oxygens (including phenoxy) is 1. The second kappa shape index (κ2) is 5.32. The Bertz CT molecular complexity index is 497. The van der Waals surface area contributed by atoms with Gasteiger partial charge < -0.3 is 15.2 Å². The molecule has 0 amide bonds. The topological polar surface area (TPSA) is 84.6 Å². The summed E-state index contributed by atoms with van der Waals surface area (Å²) in [6.45, 7) is 2.40. The number of nitro groups is 1. The molecule has 1 fully saturated rings. The average molecular weight is 287 g/mol. The van der Waals surface area contributed by atoms with Gasteiger partial charge in [0.2, 0.25) is 0 Å². The maximum atomic E-state index is 10.9. The van der Waals surface area contributed by atoms with Crippen molar-refractivity contribution in [1.29, 1.82) is 0 Å². The highest BCUT2D eigenvalue weighted by Crippen LogP contribution is 2.33. The summed E-state index contributed by atoms with van der Waals surface area (Å²) in [4.78, 5) is 10.4. The van der Waals surface area contributed by atoms with Crippen molar-refractivity contribution in [2.24, 2.45) is 0 Å². The maximum absolute atomic E-state index is 10.9. The Kier molecular flexibility index (Phi) is 3.93. The molecular weight excluding hydrogens is 272 g/mol. The lowest BCUT2D eigenvalue weighted by Gasteiger charge is -2.26. The van der Waals surface area contributed by atoms with Crippen LogP contribution >= 0.6 is 11.6 Å². The predicted molar refractivity (Wildman–Crippen MR) is 71.6 cm³/mol. The third-order valence-electron chi connectivity index (χ3n) is 3.42. The molecule has 0 aliphatic carbocycles. The quantitative estimate of drug-likeness (QED) is 0.655. The van der Waals surface area contributed by atoms with Crippen molar-refractivity contribution in [1.82, 2.24) is 0 Å². The van der Waals surface area contributed by atoms with E-state index in [0.29, 0.717) is 13.0 Å². The number of nitro benzene ring substituents is 1. The minimum atomic E-state index is -1.03. The summed E-state index contributed by atoms with van der Waals surface area (Å²) in [5.41, 5.74) is -0.920. The van der Waals surface area contributed by atoms with E-state index in [-0.39, 0.29) is 29.0 Å². The van der Waals surface area contributed by atoms with E-state index in [1.807, 2.05) is 0 Å². The van der Waals surface area contributed by atoms with Crippen LogP contribution < -0.4 is 5.32 Å². The molecular formula is C12H15ClN2O4. The third-order valence-corrected chi connectivity index (χ3v) is 3.73. The first-order valence-electron chi connectivity index (χ1n) is 5.95. The molecule has 2 atom stereocenters. The van der Waals surface area contributed by atoms with Crippen LogP contribution in [0.15, 0.2) is 18.2 Å². The van der Waals surface area contributed by atoms with Crippen molar-refractivity contribution in [3.63, 3.8) is 0 Å². The number of hydrogen-bond acceptors (Lipinski definition) is 5. The van der Waals surface area contributed by atoms with Crippen LogP contribution in [0.1, 0.15) is 13.3 Å². The van der Waals surface area contributed by atoms with Gasteiger partial charge in [0.15, 0.2) is 0 Å². The van der Waals surface area contributed by atoms with Crippen molar-refractivity contribution >= 4 is 23.0 Å². The molecule has 19 heavy (non-hydrogen) atoms. The largest absolute Gasteiger partial charge is 0.385 e. The molecule has 1 saturated heterocycles. The van der Waals surface area contributed by atoms with Gasteiger partial charge in [0.1, 0.15) is 11.3 Å². The molecule has 0 spiro atoms. The number of halogens is 1. The van der Waals surface area contributed by atoms with Gasteiger partial charge in [0, 0.05) is 25.6 Å².